The molecule has 2 heterocycles. The minimum atomic E-state index is 0.0877. The van der Waals surface area contributed by atoms with Gasteiger partial charge in [0.15, 0.2) is 0 Å². The minimum Gasteiger partial charge on any atom is -0.354 e. The number of rotatable bonds is 6. The van der Waals surface area contributed by atoms with E-state index in [1.807, 2.05) is 6.20 Å². The maximum absolute atomic E-state index is 11.5. The fraction of sp³-hybridized carbons (Fsp3) is 0.467. The smallest absolute Gasteiger partial charge is 0.217 e. The molecule has 1 saturated heterocycles. The number of carbonyl (C=O) groups is 1. The van der Waals surface area contributed by atoms with E-state index >= 15 is 0 Å². The first kappa shape index (κ1) is 24.7. The number of nitrogens with zero attached hydrogens (tertiary/aromatic N) is 4. The zero-order valence-electron chi connectivity index (χ0n) is 21.9. The van der Waals surface area contributed by atoms with Crippen molar-refractivity contribution in [3.63, 3.8) is 0 Å². The Kier molecular flexibility index (Phi) is 7.54. The van der Waals surface area contributed by atoms with E-state index in [2.05, 4.69) is 88.7 Å². The van der Waals surface area contributed by atoms with E-state index in [-0.39, 0.29) is 5.91 Å². The van der Waals surface area contributed by atoms with E-state index in [4.69, 9.17) is 4.99 Å². The minimum absolute atomic E-state index is 0.0877. The Bertz CT molecular complexity index is 1110. The van der Waals surface area contributed by atoms with Gasteiger partial charge in [0.1, 0.15) is 5.84 Å². The number of carbonyl (C=O) groups excluding carboxylic acids is 1. The van der Waals surface area contributed by atoms with Gasteiger partial charge >= 0.3 is 0 Å². The van der Waals surface area contributed by atoms with E-state index in [1.165, 1.54) is 28.2 Å². The normalized spacial score (nSPS) is 24.4. The second-order valence-corrected chi connectivity index (χ2v) is 10.8. The molecule has 0 spiro atoms. The second kappa shape index (κ2) is 11.0. The number of hydrogen-bond donors (Lipinski definition) is 1. The molecule has 3 aliphatic rings. The number of amidine groups is 1. The molecule has 5 rings (SSSR count). The van der Waals surface area contributed by atoms with Crippen LogP contribution in [0.3, 0.4) is 0 Å². The molecule has 1 N–H and O–H groups in total. The molecule has 36 heavy (non-hydrogen) atoms. The highest BCUT2D eigenvalue weighted by molar-refractivity contribution is 6.01. The fourth-order valence-corrected chi connectivity index (χ4v) is 5.98. The first-order valence-electron chi connectivity index (χ1n) is 13.3. The van der Waals surface area contributed by atoms with E-state index in [0.29, 0.717) is 18.0 Å². The maximum atomic E-state index is 11.5. The molecule has 2 aliphatic heterocycles. The third-order valence-corrected chi connectivity index (χ3v) is 7.72. The molecule has 1 saturated carbocycles. The Balaban J connectivity index is 1.35. The number of fused-ring (bicyclic) bond motifs is 1. The molecule has 2 aromatic rings. The lowest BCUT2D eigenvalue weighted by molar-refractivity contribution is -0.119. The molecule has 1 amide bonds. The van der Waals surface area contributed by atoms with E-state index in [1.54, 1.807) is 6.92 Å². The summed E-state index contributed by atoms with van der Waals surface area (Å²) >= 11 is 0. The average Bonchev–Trinajstić information content (AvgIpc) is 2.88. The van der Waals surface area contributed by atoms with Crippen LogP contribution >= 0.6 is 0 Å². The van der Waals surface area contributed by atoms with Gasteiger partial charge in [0.2, 0.25) is 5.91 Å². The quantitative estimate of drug-likeness (QED) is 0.634. The molecule has 0 aromatic heterocycles. The summed E-state index contributed by atoms with van der Waals surface area (Å²) in [5, 5.41) is 3.12. The first-order valence-corrected chi connectivity index (χ1v) is 13.3. The second-order valence-electron chi connectivity index (χ2n) is 10.8. The number of nitrogens with one attached hydrogen (secondary N) is 1. The Labute approximate surface area is 215 Å². The van der Waals surface area contributed by atoms with Gasteiger partial charge in [-0.25, -0.2) is 4.99 Å². The fourth-order valence-electron chi connectivity index (χ4n) is 5.98. The standard InChI is InChI=1S/C30H39N5O/c1-22(36)32-27-13-15-28(16-14-27)34-20-26-7-5-17-31-30(26)35(21-34)29-8-4-6-25(18-29)24-11-9-23(10-12-24)19-33(2)3/h4-6,8-12,17-18,26-28H,7,13-16,19-21H2,1-3H3,(H,32,36). The van der Waals surface area contributed by atoms with Crippen molar-refractivity contribution in [2.45, 2.75) is 57.7 Å². The van der Waals surface area contributed by atoms with Crippen molar-refractivity contribution in [2.75, 3.05) is 32.2 Å². The topological polar surface area (TPSA) is 51.2 Å². The third kappa shape index (κ3) is 5.71. The van der Waals surface area contributed by atoms with E-state index in [0.717, 1.165) is 51.9 Å². The Hall–Kier alpha value is -2.96. The molecule has 2 aromatic carbocycles. The molecule has 2 fully saturated rings. The molecular formula is C30H39N5O. The summed E-state index contributed by atoms with van der Waals surface area (Å²) in [5.41, 5.74) is 5.01. The highest BCUT2D eigenvalue weighted by atomic mass is 16.1. The SMILES string of the molecule is CC(=O)NC1CCC(N2CC3CC=CN=C3N(c3cccc(-c4ccc(CN(C)C)cc4)c3)C2)CC1. The van der Waals surface area contributed by atoms with Crippen LogP contribution in [0.2, 0.25) is 0 Å². The zero-order chi connectivity index (χ0) is 25.1. The third-order valence-electron chi connectivity index (χ3n) is 7.72. The lowest BCUT2D eigenvalue weighted by Crippen LogP contribution is -2.57. The molecule has 6 heteroatoms. The van der Waals surface area contributed by atoms with Gasteiger partial charge in [0, 0.05) is 49.9 Å². The maximum Gasteiger partial charge on any atom is 0.217 e. The average molecular weight is 486 g/mol. The monoisotopic (exact) mass is 485 g/mol. The molecule has 1 atom stereocenters. The van der Waals surface area contributed by atoms with E-state index < -0.39 is 0 Å². The van der Waals surface area contributed by atoms with Crippen LogP contribution in [0.1, 0.15) is 44.6 Å². The number of benzene rings is 2. The van der Waals surface area contributed by atoms with Gasteiger partial charge in [-0.1, -0.05) is 42.5 Å². The Morgan fingerprint density at radius 2 is 1.83 bits per heavy atom. The zero-order valence-corrected chi connectivity index (χ0v) is 21.9. The van der Waals surface area contributed by atoms with Crippen LogP contribution < -0.4 is 10.2 Å². The van der Waals surface area contributed by atoms with Crippen LogP contribution in [0.5, 0.6) is 0 Å². The van der Waals surface area contributed by atoms with Crippen molar-refractivity contribution in [3.8, 4) is 11.1 Å². The molecular weight excluding hydrogens is 446 g/mol. The highest BCUT2D eigenvalue weighted by Crippen LogP contribution is 2.33. The van der Waals surface area contributed by atoms with E-state index in [9.17, 15) is 4.79 Å². The number of hydrogen-bond acceptors (Lipinski definition) is 5. The van der Waals surface area contributed by atoms with Crippen molar-refractivity contribution >= 4 is 17.4 Å². The van der Waals surface area contributed by atoms with Crippen LogP contribution in [0.15, 0.2) is 65.8 Å². The van der Waals surface area contributed by atoms with Gasteiger partial charge in [0.05, 0.1) is 6.67 Å². The molecule has 0 bridgehead atoms. The summed E-state index contributed by atoms with van der Waals surface area (Å²) in [6, 6.07) is 18.7. The number of aliphatic imine (C=N–C) groups is 1. The molecule has 1 unspecified atom stereocenters. The molecule has 190 valence electrons. The lowest BCUT2D eigenvalue weighted by atomic mass is 9.88. The number of allylic oxidation sites excluding steroid dienone is 1. The molecule has 0 radical (unpaired) electrons. The van der Waals surface area contributed by atoms with Gasteiger partial charge < -0.3 is 15.1 Å². The van der Waals surface area contributed by atoms with Crippen molar-refractivity contribution in [1.29, 1.82) is 0 Å². The largest absolute Gasteiger partial charge is 0.354 e. The van der Waals surface area contributed by atoms with Gasteiger partial charge in [-0.2, -0.15) is 0 Å². The van der Waals surface area contributed by atoms with Crippen molar-refractivity contribution in [1.82, 2.24) is 15.1 Å². The van der Waals surface area contributed by atoms with Crippen LogP contribution in [-0.2, 0) is 11.3 Å². The summed E-state index contributed by atoms with van der Waals surface area (Å²) in [6.45, 7) is 4.50. The van der Waals surface area contributed by atoms with Gasteiger partial charge in [-0.3, -0.25) is 9.69 Å². The number of anilines is 1. The summed E-state index contributed by atoms with van der Waals surface area (Å²) in [7, 11) is 4.20. The lowest BCUT2D eigenvalue weighted by Gasteiger charge is -2.47. The number of amides is 1. The van der Waals surface area contributed by atoms with Crippen molar-refractivity contribution < 1.29 is 4.79 Å². The Morgan fingerprint density at radius 1 is 1.06 bits per heavy atom. The Morgan fingerprint density at radius 3 is 2.56 bits per heavy atom. The van der Waals surface area contributed by atoms with Crippen molar-refractivity contribution in [2.24, 2.45) is 10.9 Å². The molecule has 1 aliphatic carbocycles. The summed E-state index contributed by atoms with van der Waals surface area (Å²) in [4.78, 5) is 23.6. The summed E-state index contributed by atoms with van der Waals surface area (Å²) < 4.78 is 0. The molecule has 6 nitrogen and oxygen atoms in total. The van der Waals surface area contributed by atoms with Crippen LogP contribution in [0.4, 0.5) is 5.69 Å². The van der Waals surface area contributed by atoms with Crippen LogP contribution in [-0.4, -0.2) is 60.9 Å². The first-order chi connectivity index (χ1) is 17.5. The van der Waals surface area contributed by atoms with Gasteiger partial charge in [-0.05, 0) is 75.0 Å². The van der Waals surface area contributed by atoms with Gasteiger partial charge in [-0.15, -0.1) is 0 Å². The van der Waals surface area contributed by atoms with Gasteiger partial charge in [0.25, 0.3) is 0 Å². The van der Waals surface area contributed by atoms with Crippen LogP contribution in [0.25, 0.3) is 11.1 Å². The summed E-state index contributed by atoms with van der Waals surface area (Å²) in [5.74, 6) is 1.70. The summed E-state index contributed by atoms with van der Waals surface area (Å²) in [6.07, 6.45) is 9.60. The van der Waals surface area contributed by atoms with Crippen molar-refractivity contribution in [3.05, 3.63) is 66.4 Å². The predicted octanol–water partition coefficient (Wildman–Crippen LogP) is 4.87. The van der Waals surface area contributed by atoms with Crippen LogP contribution in [0, 0.1) is 5.92 Å². The highest BCUT2D eigenvalue weighted by Gasteiger charge is 2.36. The predicted molar refractivity (Wildman–Crippen MR) is 148 cm³/mol.